The highest BCUT2D eigenvalue weighted by Gasteiger charge is 2.46. The molecule has 3 nitrogen and oxygen atoms in total. The number of hydrogen-bond acceptors (Lipinski definition) is 2. The summed E-state index contributed by atoms with van der Waals surface area (Å²) in [5.74, 6) is -0.444. The van der Waals surface area contributed by atoms with Crippen molar-refractivity contribution in [2.75, 3.05) is 19.6 Å². The second-order valence-electron chi connectivity index (χ2n) is 5.35. The summed E-state index contributed by atoms with van der Waals surface area (Å²) in [4.78, 5) is 13.7. The topological polar surface area (TPSA) is 40.5 Å². The molecule has 0 aromatic rings. The van der Waals surface area contributed by atoms with Gasteiger partial charge in [-0.3, -0.25) is 4.79 Å². The van der Waals surface area contributed by atoms with E-state index in [1.165, 1.54) is 0 Å². The van der Waals surface area contributed by atoms with Crippen molar-refractivity contribution in [2.45, 2.75) is 33.6 Å². The first-order valence-electron chi connectivity index (χ1n) is 5.98. The molecule has 1 N–H and O–H groups in total. The van der Waals surface area contributed by atoms with Crippen LogP contribution in [0.2, 0.25) is 0 Å². The zero-order valence-electron chi connectivity index (χ0n) is 10.6. The van der Waals surface area contributed by atoms with E-state index in [9.17, 15) is 9.90 Å². The molecule has 1 aliphatic rings. The van der Waals surface area contributed by atoms with E-state index < -0.39 is 11.4 Å². The molecule has 1 aliphatic heterocycles. The highest BCUT2D eigenvalue weighted by atomic mass is 16.4. The van der Waals surface area contributed by atoms with Crippen LogP contribution in [0.5, 0.6) is 0 Å². The Kier molecular flexibility index (Phi) is 4.14. The van der Waals surface area contributed by atoms with Crippen LogP contribution in [0.1, 0.15) is 33.6 Å². The Morgan fingerprint density at radius 2 is 2.19 bits per heavy atom. The summed E-state index contributed by atoms with van der Waals surface area (Å²) < 4.78 is 0. The van der Waals surface area contributed by atoms with E-state index in [-0.39, 0.29) is 5.92 Å². The van der Waals surface area contributed by atoms with Crippen molar-refractivity contribution in [3.63, 3.8) is 0 Å². The van der Waals surface area contributed by atoms with E-state index in [4.69, 9.17) is 0 Å². The van der Waals surface area contributed by atoms with Crippen LogP contribution in [0, 0.1) is 11.3 Å². The standard InChI is InChI=1S/C13H23NO2/c1-10(2)5-7-14-8-6-13(9-14,11(3)4)12(15)16/h11H,1,5-9H2,2-4H3,(H,15,16). The normalized spacial score (nSPS) is 26.2. The van der Waals surface area contributed by atoms with Crippen LogP contribution in [-0.2, 0) is 4.79 Å². The average Bonchev–Trinajstić information content (AvgIpc) is 2.59. The molecule has 0 spiro atoms. The summed E-state index contributed by atoms with van der Waals surface area (Å²) in [7, 11) is 0. The Morgan fingerprint density at radius 3 is 2.56 bits per heavy atom. The lowest BCUT2D eigenvalue weighted by atomic mass is 9.76. The van der Waals surface area contributed by atoms with E-state index in [0.717, 1.165) is 31.5 Å². The monoisotopic (exact) mass is 225 g/mol. The Balaban J connectivity index is 2.60. The van der Waals surface area contributed by atoms with Crippen LogP contribution >= 0.6 is 0 Å². The molecule has 92 valence electrons. The van der Waals surface area contributed by atoms with Crippen molar-refractivity contribution < 1.29 is 9.90 Å². The fourth-order valence-electron chi connectivity index (χ4n) is 2.35. The van der Waals surface area contributed by atoms with Crippen LogP contribution in [0.15, 0.2) is 12.2 Å². The predicted octanol–water partition coefficient (Wildman–Crippen LogP) is 2.39. The molecule has 1 saturated heterocycles. The molecule has 0 amide bonds. The van der Waals surface area contributed by atoms with Gasteiger partial charge in [-0.05, 0) is 32.2 Å². The van der Waals surface area contributed by atoms with Crippen LogP contribution in [0.4, 0.5) is 0 Å². The molecule has 3 heteroatoms. The first kappa shape index (κ1) is 13.2. The summed E-state index contributed by atoms with van der Waals surface area (Å²) in [5, 5.41) is 9.39. The Bertz CT molecular complexity index is 286. The molecule has 1 atom stereocenters. The van der Waals surface area contributed by atoms with Gasteiger partial charge in [0.15, 0.2) is 0 Å². The molecule has 1 fully saturated rings. The molecular formula is C13H23NO2. The van der Waals surface area contributed by atoms with Gasteiger partial charge in [-0.25, -0.2) is 0 Å². The molecule has 0 aromatic heterocycles. The van der Waals surface area contributed by atoms with E-state index >= 15 is 0 Å². The van der Waals surface area contributed by atoms with Gasteiger partial charge in [0, 0.05) is 13.1 Å². The maximum absolute atomic E-state index is 11.4. The maximum atomic E-state index is 11.4. The van der Waals surface area contributed by atoms with Gasteiger partial charge < -0.3 is 10.0 Å². The van der Waals surface area contributed by atoms with Gasteiger partial charge in [-0.1, -0.05) is 19.4 Å². The highest BCUT2D eigenvalue weighted by molar-refractivity contribution is 5.75. The largest absolute Gasteiger partial charge is 0.481 e. The first-order chi connectivity index (χ1) is 7.38. The molecule has 0 aliphatic carbocycles. The summed E-state index contributed by atoms with van der Waals surface area (Å²) in [6, 6.07) is 0. The molecule has 1 heterocycles. The number of nitrogens with zero attached hydrogens (tertiary/aromatic N) is 1. The van der Waals surface area contributed by atoms with Crippen LogP contribution < -0.4 is 0 Å². The summed E-state index contributed by atoms with van der Waals surface area (Å²) in [6.07, 6.45) is 1.74. The van der Waals surface area contributed by atoms with Gasteiger partial charge >= 0.3 is 5.97 Å². The first-order valence-corrected chi connectivity index (χ1v) is 5.98. The fourth-order valence-corrected chi connectivity index (χ4v) is 2.35. The van der Waals surface area contributed by atoms with Gasteiger partial charge in [0.25, 0.3) is 0 Å². The minimum Gasteiger partial charge on any atom is -0.481 e. The van der Waals surface area contributed by atoms with Crippen molar-refractivity contribution in [1.82, 2.24) is 4.90 Å². The molecule has 0 saturated carbocycles. The molecule has 1 rings (SSSR count). The number of carbonyl (C=O) groups is 1. The Labute approximate surface area is 98.1 Å². The molecule has 0 bridgehead atoms. The third-order valence-electron chi connectivity index (χ3n) is 3.77. The van der Waals surface area contributed by atoms with Crippen LogP contribution in [0.25, 0.3) is 0 Å². The minimum absolute atomic E-state index is 0.194. The second-order valence-corrected chi connectivity index (χ2v) is 5.35. The van der Waals surface area contributed by atoms with Crippen molar-refractivity contribution in [3.8, 4) is 0 Å². The molecular weight excluding hydrogens is 202 g/mol. The van der Waals surface area contributed by atoms with Crippen LogP contribution in [-0.4, -0.2) is 35.6 Å². The van der Waals surface area contributed by atoms with E-state index in [1.807, 2.05) is 20.8 Å². The van der Waals surface area contributed by atoms with Crippen molar-refractivity contribution in [2.24, 2.45) is 11.3 Å². The van der Waals surface area contributed by atoms with E-state index in [2.05, 4.69) is 11.5 Å². The number of hydrogen-bond donors (Lipinski definition) is 1. The van der Waals surface area contributed by atoms with Crippen molar-refractivity contribution in [3.05, 3.63) is 12.2 Å². The third kappa shape index (κ3) is 2.64. The highest BCUT2D eigenvalue weighted by Crippen LogP contribution is 2.38. The number of carboxylic acids is 1. The lowest BCUT2D eigenvalue weighted by Crippen LogP contribution is -2.39. The van der Waals surface area contributed by atoms with E-state index in [0.29, 0.717) is 6.54 Å². The van der Waals surface area contributed by atoms with Gasteiger partial charge in [-0.2, -0.15) is 0 Å². The second kappa shape index (κ2) is 5.00. The number of likely N-dealkylation sites (tertiary alicyclic amines) is 1. The molecule has 0 radical (unpaired) electrons. The number of aliphatic carboxylic acids is 1. The van der Waals surface area contributed by atoms with Crippen molar-refractivity contribution >= 4 is 5.97 Å². The molecule has 1 unspecified atom stereocenters. The molecule has 16 heavy (non-hydrogen) atoms. The Hall–Kier alpha value is -0.830. The summed E-state index contributed by atoms with van der Waals surface area (Å²) in [5.41, 5.74) is 0.632. The van der Waals surface area contributed by atoms with Gasteiger partial charge in [0.05, 0.1) is 5.41 Å². The van der Waals surface area contributed by atoms with Gasteiger partial charge in [-0.15, -0.1) is 6.58 Å². The fraction of sp³-hybridized carbons (Fsp3) is 0.769. The van der Waals surface area contributed by atoms with Gasteiger partial charge in [0.2, 0.25) is 0 Å². The maximum Gasteiger partial charge on any atom is 0.311 e. The lowest BCUT2D eigenvalue weighted by Gasteiger charge is -2.28. The third-order valence-corrected chi connectivity index (χ3v) is 3.77. The van der Waals surface area contributed by atoms with E-state index in [1.54, 1.807) is 0 Å². The molecule has 0 aromatic carbocycles. The Morgan fingerprint density at radius 1 is 1.56 bits per heavy atom. The summed E-state index contributed by atoms with van der Waals surface area (Å²) >= 11 is 0. The SMILES string of the molecule is C=C(C)CCN1CCC(C(=O)O)(C(C)C)C1. The van der Waals surface area contributed by atoms with Crippen molar-refractivity contribution in [1.29, 1.82) is 0 Å². The quantitative estimate of drug-likeness (QED) is 0.730. The zero-order chi connectivity index (χ0) is 12.3. The van der Waals surface area contributed by atoms with Gasteiger partial charge in [0.1, 0.15) is 0 Å². The average molecular weight is 225 g/mol. The smallest absolute Gasteiger partial charge is 0.311 e. The number of rotatable bonds is 5. The lowest BCUT2D eigenvalue weighted by molar-refractivity contribution is -0.151. The number of carboxylic acid groups (broad SMARTS) is 1. The predicted molar refractivity (Wildman–Crippen MR) is 65.4 cm³/mol. The zero-order valence-corrected chi connectivity index (χ0v) is 10.6. The summed E-state index contributed by atoms with van der Waals surface area (Å²) in [6.45, 7) is 12.4. The van der Waals surface area contributed by atoms with Crippen LogP contribution in [0.3, 0.4) is 0 Å². The minimum atomic E-state index is -0.639.